The van der Waals surface area contributed by atoms with Crippen LogP contribution >= 0.6 is 0 Å². The van der Waals surface area contributed by atoms with Crippen molar-refractivity contribution < 1.29 is 13.2 Å². The molecule has 0 radical (unpaired) electrons. The third-order valence-electron chi connectivity index (χ3n) is 3.70. The Balaban J connectivity index is 1.73. The highest BCUT2D eigenvalue weighted by Crippen LogP contribution is 2.17. The van der Waals surface area contributed by atoms with Gasteiger partial charge < -0.3 is 9.30 Å². The molecule has 0 aliphatic rings. The fourth-order valence-corrected chi connectivity index (χ4v) is 3.45. The number of aryl methyl sites for hydroxylation is 1. The van der Waals surface area contributed by atoms with E-state index in [1.54, 1.807) is 18.5 Å². The van der Waals surface area contributed by atoms with Gasteiger partial charge in [-0.3, -0.25) is 0 Å². The summed E-state index contributed by atoms with van der Waals surface area (Å²) >= 11 is 0. The summed E-state index contributed by atoms with van der Waals surface area (Å²) in [5.41, 5.74) is 2.71. The molecule has 0 unspecified atom stereocenters. The van der Waals surface area contributed by atoms with Gasteiger partial charge in [0.05, 0.1) is 28.9 Å². The second kappa shape index (κ2) is 6.62. The molecular formula is C17H19N3O3S. The first kappa shape index (κ1) is 16.5. The normalized spacial score (nSPS) is 11.8. The summed E-state index contributed by atoms with van der Waals surface area (Å²) in [5, 5.41) is 0. The number of sulfonamides is 1. The summed E-state index contributed by atoms with van der Waals surface area (Å²) in [7, 11) is -1.65. The minimum Gasteiger partial charge on any atom is -0.494 e. The molecule has 3 aromatic rings. The quantitative estimate of drug-likeness (QED) is 0.745. The lowest BCUT2D eigenvalue weighted by atomic mass is 10.2. The number of benzene rings is 2. The third-order valence-corrected chi connectivity index (χ3v) is 5.12. The largest absolute Gasteiger partial charge is 0.494 e. The van der Waals surface area contributed by atoms with Gasteiger partial charge in [-0.25, -0.2) is 18.1 Å². The Kier molecular flexibility index (Phi) is 4.55. The minimum absolute atomic E-state index is 0.210. The van der Waals surface area contributed by atoms with Gasteiger partial charge in [-0.05, 0) is 48.9 Å². The highest BCUT2D eigenvalue weighted by atomic mass is 32.2. The SMILES string of the molecule is CCOc1ccc(S(=O)(=O)NCc2ccc3c(c2)ncn3C)cc1. The average molecular weight is 345 g/mol. The molecule has 1 N–H and O–H groups in total. The van der Waals surface area contributed by atoms with Gasteiger partial charge in [-0.15, -0.1) is 0 Å². The lowest BCUT2D eigenvalue weighted by molar-refractivity contribution is 0.340. The van der Waals surface area contributed by atoms with Crippen LogP contribution in [0.2, 0.25) is 0 Å². The van der Waals surface area contributed by atoms with E-state index in [4.69, 9.17) is 4.74 Å². The van der Waals surface area contributed by atoms with Crippen LogP contribution in [-0.2, 0) is 23.6 Å². The van der Waals surface area contributed by atoms with E-state index >= 15 is 0 Å². The Labute approximate surface area is 141 Å². The summed E-state index contributed by atoms with van der Waals surface area (Å²) < 4.78 is 34.6. The van der Waals surface area contributed by atoms with Crippen molar-refractivity contribution >= 4 is 21.1 Å². The summed E-state index contributed by atoms with van der Waals surface area (Å²) in [6, 6.07) is 12.1. The Bertz CT molecular complexity index is 947. The number of fused-ring (bicyclic) bond motifs is 1. The zero-order chi connectivity index (χ0) is 17.2. The fraction of sp³-hybridized carbons (Fsp3) is 0.235. The van der Waals surface area contributed by atoms with Crippen LogP contribution in [0.3, 0.4) is 0 Å². The molecule has 0 saturated carbocycles. The first-order valence-corrected chi connectivity index (χ1v) is 9.10. The van der Waals surface area contributed by atoms with Gasteiger partial charge in [0.25, 0.3) is 0 Å². The van der Waals surface area contributed by atoms with Crippen LogP contribution in [0.15, 0.2) is 53.7 Å². The standard InChI is InChI=1S/C17H19N3O3S/c1-3-23-14-5-7-15(8-6-14)24(21,22)19-11-13-4-9-17-16(10-13)18-12-20(17)2/h4-10,12,19H,3,11H2,1-2H3. The van der Waals surface area contributed by atoms with Crippen LogP contribution < -0.4 is 9.46 Å². The topological polar surface area (TPSA) is 73.2 Å². The number of nitrogens with zero attached hydrogens (tertiary/aromatic N) is 2. The van der Waals surface area contributed by atoms with E-state index in [-0.39, 0.29) is 11.4 Å². The number of rotatable bonds is 6. The van der Waals surface area contributed by atoms with Gasteiger partial charge in [-0.2, -0.15) is 0 Å². The van der Waals surface area contributed by atoms with Crippen molar-refractivity contribution in [1.29, 1.82) is 0 Å². The van der Waals surface area contributed by atoms with Gasteiger partial charge in [0.2, 0.25) is 10.0 Å². The Hall–Kier alpha value is -2.38. The van der Waals surface area contributed by atoms with Crippen molar-refractivity contribution in [2.75, 3.05) is 6.61 Å². The molecule has 0 atom stereocenters. The summed E-state index contributed by atoms with van der Waals surface area (Å²) in [5.74, 6) is 0.650. The Morgan fingerprint density at radius 3 is 2.62 bits per heavy atom. The van der Waals surface area contributed by atoms with Crippen molar-refractivity contribution in [3.05, 3.63) is 54.4 Å². The number of imidazole rings is 1. The number of ether oxygens (including phenoxy) is 1. The van der Waals surface area contributed by atoms with E-state index in [0.717, 1.165) is 16.6 Å². The molecule has 0 aliphatic heterocycles. The number of hydrogen-bond acceptors (Lipinski definition) is 4. The molecule has 3 rings (SSSR count). The predicted octanol–water partition coefficient (Wildman–Crippen LogP) is 2.45. The second-order valence-electron chi connectivity index (χ2n) is 5.41. The van der Waals surface area contributed by atoms with Crippen LogP contribution in [0.1, 0.15) is 12.5 Å². The van der Waals surface area contributed by atoms with Crippen molar-refractivity contribution in [2.24, 2.45) is 7.05 Å². The van der Waals surface area contributed by atoms with Crippen molar-refractivity contribution in [2.45, 2.75) is 18.4 Å². The first-order chi connectivity index (χ1) is 11.5. The van der Waals surface area contributed by atoms with Gasteiger partial charge in [0.1, 0.15) is 5.75 Å². The molecule has 24 heavy (non-hydrogen) atoms. The van der Waals surface area contributed by atoms with Crippen LogP contribution in [-0.4, -0.2) is 24.6 Å². The smallest absolute Gasteiger partial charge is 0.240 e. The molecule has 0 saturated heterocycles. The molecule has 6 nitrogen and oxygen atoms in total. The van der Waals surface area contributed by atoms with Crippen molar-refractivity contribution in [3.8, 4) is 5.75 Å². The maximum Gasteiger partial charge on any atom is 0.240 e. The van der Waals surface area contributed by atoms with Gasteiger partial charge >= 0.3 is 0 Å². The lowest BCUT2D eigenvalue weighted by Gasteiger charge is -2.08. The zero-order valence-electron chi connectivity index (χ0n) is 13.6. The molecule has 126 valence electrons. The molecule has 7 heteroatoms. The molecule has 1 aromatic heterocycles. The number of hydrogen-bond donors (Lipinski definition) is 1. The molecule has 0 bridgehead atoms. The molecule has 0 aliphatic carbocycles. The fourth-order valence-electron chi connectivity index (χ4n) is 2.43. The Morgan fingerprint density at radius 2 is 1.92 bits per heavy atom. The van der Waals surface area contributed by atoms with Crippen LogP contribution in [0.5, 0.6) is 5.75 Å². The van der Waals surface area contributed by atoms with E-state index < -0.39 is 10.0 Å². The summed E-state index contributed by atoms with van der Waals surface area (Å²) in [4.78, 5) is 4.49. The highest BCUT2D eigenvalue weighted by molar-refractivity contribution is 7.89. The van der Waals surface area contributed by atoms with E-state index in [9.17, 15) is 8.42 Å². The Morgan fingerprint density at radius 1 is 1.17 bits per heavy atom. The number of aromatic nitrogens is 2. The molecular weight excluding hydrogens is 326 g/mol. The predicted molar refractivity (Wildman–Crippen MR) is 92.4 cm³/mol. The van der Waals surface area contributed by atoms with Crippen LogP contribution in [0.25, 0.3) is 11.0 Å². The maximum atomic E-state index is 12.4. The van der Waals surface area contributed by atoms with E-state index in [1.807, 2.05) is 36.7 Å². The van der Waals surface area contributed by atoms with E-state index in [1.165, 1.54) is 12.1 Å². The first-order valence-electron chi connectivity index (χ1n) is 7.62. The van der Waals surface area contributed by atoms with Gasteiger partial charge in [0.15, 0.2) is 0 Å². The average Bonchev–Trinajstić information content (AvgIpc) is 2.95. The molecule has 0 spiro atoms. The lowest BCUT2D eigenvalue weighted by Crippen LogP contribution is -2.23. The van der Waals surface area contributed by atoms with E-state index in [0.29, 0.717) is 12.4 Å². The highest BCUT2D eigenvalue weighted by Gasteiger charge is 2.14. The second-order valence-corrected chi connectivity index (χ2v) is 7.17. The summed E-state index contributed by atoms with van der Waals surface area (Å²) in [6.45, 7) is 2.63. The molecule has 2 aromatic carbocycles. The number of nitrogens with one attached hydrogen (secondary N) is 1. The third kappa shape index (κ3) is 3.42. The van der Waals surface area contributed by atoms with Crippen molar-refractivity contribution in [1.82, 2.24) is 14.3 Å². The van der Waals surface area contributed by atoms with Gasteiger partial charge in [-0.1, -0.05) is 6.07 Å². The van der Waals surface area contributed by atoms with Crippen LogP contribution in [0.4, 0.5) is 0 Å². The minimum atomic E-state index is -3.57. The monoisotopic (exact) mass is 345 g/mol. The maximum absolute atomic E-state index is 12.4. The molecule has 1 heterocycles. The summed E-state index contributed by atoms with van der Waals surface area (Å²) in [6.07, 6.45) is 1.73. The molecule has 0 amide bonds. The van der Waals surface area contributed by atoms with Crippen molar-refractivity contribution in [3.63, 3.8) is 0 Å². The van der Waals surface area contributed by atoms with Gasteiger partial charge in [0, 0.05) is 13.6 Å². The zero-order valence-corrected chi connectivity index (χ0v) is 14.4. The molecule has 0 fully saturated rings. The van der Waals surface area contributed by atoms with Crippen LogP contribution in [0, 0.1) is 0 Å². The van der Waals surface area contributed by atoms with E-state index in [2.05, 4.69) is 9.71 Å².